The van der Waals surface area contributed by atoms with E-state index in [9.17, 15) is 14.4 Å². The molecule has 0 aliphatic rings. The van der Waals surface area contributed by atoms with Crippen LogP contribution in [0.2, 0.25) is 0 Å². The maximum absolute atomic E-state index is 12.9. The molecule has 0 atom stereocenters. The van der Waals surface area contributed by atoms with Crippen molar-refractivity contribution in [2.75, 3.05) is 20.6 Å². The first-order valence-corrected chi connectivity index (χ1v) is 8.06. The summed E-state index contributed by atoms with van der Waals surface area (Å²) in [6.07, 6.45) is 0. The SMILES string of the molecule is CNC(=O)CN(C)C(=O)c1nn(-c2ccccc2)c(=O)c2ccccc12. The van der Waals surface area contributed by atoms with Crippen molar-refractivity contribution in [2.45, 2.75) is 0 Å². The number of carbonyl (C=O) groups excluding carboxylic acids is 2. The third-order valence-corrected chi connectivity index (χ3v) is 4.01. The number of benzene rings is 2. The molecule has 3 aromatic rings. The van der Waals surface area contributed by atoms with Crippen LogP contribution in [0.5, 0.6) is 0 Å². The Morgan fingerprint density at radius 2 is 1.65 bits per heavy atom. The van der Waals surface area contributed by atoms with Crippen molar-refractivity contribution >= 4 is 22.6 Å². The summed E-state index contributed by atoms with van der Waals surface area (Å²) in [6.45, 7) is -0.101. The number of hydrogen-bond acceptors (Lipinski definition) is 4. The molecule has 0 radical (unpaired) electrons. The van der Waals surface area contributed by atoms with Gasteiger partial charge in [-0.05, 0) is 18.2 Å². The number of nitrogens with zero attached hydrogens (tertiary/aromatic N) is 3. The second kappa shape index (κ2) is 7.18. The first-order chi connectivity index (χ1) is 12.5. The van der Waals surface area contributed by atoms with E-state index in [1.165, 1.54) is 23.7 Å². The van der Waals surface area contributed by atoms with Crippen LogP contribution >= 0.6 is 0 Å². The Morgan fingerprint density at radius 1 is 1.04 bits per heavy atom. The molecule has 132 valence electrons. The molecule has 1 N–H and O–H groups in total. The Kier molecular flexibility index (Phi) is 4.79. The fourth-order valence-corrected chi connectivity index (χ4v) is 2.64. The van der Waals surface area contributed by atoms with Crippen molar-refractivity contribution in [3.05, 3.63) is 70.6 Å². The summed E-state index contributed by atoms with van der Waals surface area (Å²) in [7, 11) is 3.02. The Hall–Kier alpha value is -3.48. The smallest absolute Gasteiger partial charge is 0.279 e. The molecule has 0 unspecified atom stereocenters. The molecule has 1 aromatic heterocycles. The van der Waals surface area contributed by atoms with Crippen LogP contribution in [0.1, 0.15) is 10.5 Å². The molecule has 0 saturated heterocycles. The average molecular weight is 350 g/mol. The van der Waals surface area contributed by atoms with Gasteiger partial charge < -0.3 is 10.2 Å². The fourth-order valence-electron chi connectivity index (χ4n) is 2.64. The normalized spacial score (nSPS) is 10.5. The lowest BCUT2D eigenvalue weighted by Gasteiger charge is -2.17. The monoisotopic (exact) mass is 350 g/mol. The molecule has 2 amide bonds. The summed E-state index contributed by atoms with van der Waals surface area (Å²) in [6, 6.07) is 15.7. The summed E-state index contributed by atoms with van der Waals surface area (Å²) in [5, 5.41) is 7.63. The lowest BCUT2D eigenvalue weighted by Crippen LogP contribution is -2.38. The predicted octanol–water partition coefficient (Wildman–Crippen LogP) is 1.20. The van der Waals surface area contributed by atoms with E-state index in [0.717, 1.165) is 0 Å². The zero-order valence-electron chi connectivity index (χ0n) is 14.5. The standard InChI is InChI=1S/C19H18N4O3/c1-20-16(24)12-22(2)19(26)17-14-10-6-7-11-15(14)18(25)23(21-17)13-8-4-3-5-9-13/h3-11H,12H2,1-2H3,(H,20,24). The van der Waals surface area contributed by atoms with Gasteiger partial charge in [-0.2, -0.15) is 9.78 Å². The van der Waals surface area contributed by atoms with Gasteiger partial charge in [-0.1, -0.05) is 36.4 Å². The van der Waals surface area contributed by atoms with Crippen LogP contribution in [-0.2, 0) is 4.79 Å². The first kappa shape index (κ1) is 17.3. The number of likely N-dealkylation sites (N-methyl/N-ethyl adjacent to an activating group) is 2. The maximum atomic E-state index is 12.9. The second-order valence-electron chi connectivity index (χ2n) is 5.78. The molecule has 0 aliphatic heterocycles. The minimum Gasteiger partial charge on any atom is -0.358 e. The topological polar surface area (TPSA) is 84.3 Å². The van der Waals surface area contributed by atoms with Gasteiger partial charge in [-0.25, -0.2) is 0 Å². The van der Waals surface area contributed by atoms with Gasteiger partial charge in [-0.15, -0.1) is 0 Å². The highest BCUT2D eigenvalue weighted by atomic mass is 16.2. The zero-order valence-corrected chi connectivity index (χ0v) is 14.5. The predicted molar refractivity (Wildman–Crippen MR) is 98.4 cm³/mol. The number of aromatic nitrogens is 2. The van der Waals surface area contributed by atoms with E-state index in [1.807, 2.05) is 6.07 Å². The van der Waals surface area contributed by atoms with Gasteiger partial charge in [0.15, 0.2) is 5.69 Å². The number of rotatable bonds is 4. The Labute approximate surface area is 149 Å². The summed E-state index contributed by atoms with van der Waals surface area (Å²) in [4.78, 5) is 38.5. The van der Waals surface area contributed by atoms with E-state index in [2.05, 4.69) is 10.4 Å². The summed E-state index contributed by atoms with van der Waals surface area (Å²) in [5.41, 5.74) is 0.374. The summed E-state index contributed by atoms with van der Waals surface area (Å²) < 4.78 is 1.21. The van der Waals surface area contributed by atoms with Crippen molar-refractivity contribution in [3.8, 4) is 5.69 Å². The largest absolute Gasteiger partial charge is 0.358 e. The van der Waals surface area contributed by atoms with Gasteiger partial charge >= 0.3 is 0 Å². The van der Waals surface area contributed by atoms with Crippen molar-refractivity contribution < 1.29 is 9.59 Å². The van der Waals surface area contributed by atoms with E-state index >= 15 is 0 Å². The average Bonchev–Trinajstić information content (AvgIpc) is 2.68. The highest BCUT2D eigenvalue weighted by Gasteiger charge is 2.21. The fraction of sp³-hybridized carbons (Fsp3) is 0.158. The van der Waals surface area contributed by atoms with Gasteiger partial charge in [0.2, 0.25) is 5.91 Å². The lowest BCUT2D eigenvalue weighted by atomic mass is 10.1. The molecule has 0 spiro atoms. The molecule has 26 heavy (non-hydrogen) atoms. The molecule has 2 aromatic carbocycles. The van der Waals surface area contributed by atoms with Crippen LogP contribution in [0.3, 0.4) is 0 Å². The first-order valence-electron chi connectivity index (χ1n) is 8.06. The van der Waals surface area contributed by atoms with Crippen LogP contribution in [0.25, 0.3) is 16.5 Å². The van der Waals surface area contributed by atoms with Gasteiger partial charge in [-0.3, -0.25) is 14.4 Å². The van der Waals surface area contributed by atoms with Crippen LogP contribution in [0.4, 0.5) is 0 Å². The molecule has 0 fully saturated rings. The van der Waals surface area contributed by atoms with Gasteiger partial charge in [0.1, 0.15) is 0 Å². The zero-order chi connectivity index (χ0) is 18.7. The Morgan fingerprint density at radius 3 is 2.31 bits per heavy atom. The highest BCUT2D eigenvalue weighted by molar-refractivity contribution is 6.05. The molecule has 7 nitrogen and oxygen atoms in total. The highest BCUT2D eigenvalue weighted by Crippen LogP contribution is 2.16. The number of carbonyl (C=O) groups is 2. The van der Waals surface area contributed by atoms with Gasteiger partial charge in [0.05, 0.1) is 17.6 Å². The van der Waals surface area contributed by atoms with Crippen molar-refractivity contribution in [2.24, 2.45) is 0 Å². The molecule has 0 aliphatic carbocycles. The number of amides is 2. The Balaban J connectivity index is 2.19. The van der Waals surface area contributed by atoms with Crippen LogP contribution < -0.4 is 10.9 Å². The number of nitrogens with one attached hydrogen (secondary N) is 1. The summed E-state index contributed by atoms with van der Waals surface area (Å²) in [5.74, 6) is -0.726. The third kappa shape index (κ3) is 3.19. The second-order valence-corrected chi connectivity index (χ2v) is 5.78. The molecule has 3 rings (SSSR count). The Bertz CT molecular complexity index is 1030. The number of para-hydroxylation sites is 1. The van der Waals surface area contributed by atoms with Gasteiger partial charge in [0.25, 0.3) is 11.5 Å². The van der Waals surface area contributed by atoms with E-state index < -0.39 is 5.91 Å². The maximum Gasteiger partial charge on any atom is 0.279 e. The van der Waals surface area contributed by atoms with E-state index in [-0.39, 0.29) is 23.7 Å². The quantitative estimate of drug-likeness (QED) is 0.766. The van der Waals surface area contributed by atoms with Crippen LogP contribution in [0.15, 0.2) is 59.4 Å². The van der Waals surface area contributed by atoms with Crippen molar-refractivity contribution in [1.29, 1.82) is 0 Å². The van der Waals surface area contributed by atoms with Crippen LogP contribution in [0, 0.1) is 0 Å². The number of hydrogen-bond donors (Lipinski definition) is 1. The minimum atomic E-state index is -0.436. The molecule has 7 heteroatoms. The van der Waals surface area contributed by atoms with E-state index in [0.29, 0.717) is 16.5 Å². The van der Waals surface area contributed by atoms with Crippen molar-refractivity contribution in [3.63, 3.8) is 0 Å². The molecule has 1 heterocycles. The molecule has 0 saturated carbocycles. The summed E-state index contributed by atoms with van der Waals surface area (Å²) >= 11 is 0. The van der Waals surface area contributed by atoms with E-state index in [4.69, 9.17) is 0 Å². The van der Waals surface area contributed by atoms with Crippen LogP contribution in [-0.4, -0.2) is 47.1 Å². The third-order valence-electron chi connectivity index (χ3n) is 4.01. The molecular weight excluding hydrogens is 332 g/mol. The number of fused-ring (bicyclic) bond motifs is 1. The molecule has 0 bridgehead atoms. The lowest BCUT2D eigenvalue weighted by molar-refractivity contribution is -0.121. The van der Waals surface area contributed by atoms with E-state index in [1.54, 1.807) is 48.5 Å². The minimum absolute atomic E-state index is 0.101. The van der Waals surface area contributed by atoms with Gasteiger partial charge in [0, 0.05) is 19.5 Å². The van der Waals surface area contributed by atoms with Crippen molar-refractivity contribution in [1.82, 2.24) is 20.0 Å². The molecular formula is C19H18N4O3.